The number of amides is 3. The Labute approximate surface area is 140 Å². The first kappa shape index (κ1) is 18.6. The molecule has 0 aliphatic carbocycles. The summed E-state index contributed by atoms with van der Waals surface area (Å²) in [6.07, 6.45) is 2.24. The lowest BCUT2D eigenvalue weighted by molar-refractivity contribution is -0.137. The highest BCUT2D eigenvalue weighted by atomic mass is 32.2. The largest absolute Gasteiger partial charge is 0.354 e. The third-order valence-electron chi connectivity index (χ3n) is 4.19. The highest BCUT2D eigenvalue weighted by Crippen LogP contribution is 2.15. The molecule has 4 N–H and O–H groups in total. The van der Waals surface area contributed by atoms with E-state index in [1.165, 1.54) is 4.90 Å². The van der Waals surface area contributed by atoms with Gasteiger partial charge in [0.2, 0.25) is 27.7 Å². The van der Waals surface area contributed by atoms with Crippen molar-refractivity contribution in [3.63, 3.8) is 0 Å². The number of nitrogens with two attached hydrogens (primary N) is 1. The normalized spacial score (nSPS) is 25.9. The summed E-state index contributed by atoms with van der Waals surface area (Å²) in [6.45, 7) is 0.459. The van der Waals surface area contributed by atoms with Gasteiger partial charge in [-0.05, 0) is 12.8 Å². The lowest BCUT2D eigenvalue weighted by Gasteiger charge is -2.39. The van der Waals surface area contributed by atoms with Crippen molar-refractivity contribution in [3.05, 3.63) is 0 Å². The molecular weight excluding hydrogens is 338 g/mol. The number of carbonyl (C=O) groups is 3. The zero-order valence-electron chi connectivity index (χ0n) is 13.5. The van der Waals surface area contributed by atoms with Crippen LogP contribution in [0.5, 0.6) is 0 Å². The van der Waals surface area contributed by atoms with Crippen molar-refractivity contribution in [3.8, 4) is 0 Å². The van der Waals surface area contributed by atoms with Crippen LogP contribution in [0.25, 0.3) is 0 Å². The van der Waals surface area contributed by atoms with Crippen molar-refractivity contribution in [1.82, 2.24) is 19.8 Å². The second kappa shape index (κ2) is 7.45. The maximum atomic E-state index is 12.6. The Kier molecular flexibility index (Phi) is 5.78. The zero-order chi connectivity index (χ0) is 17.9. The van der Waals surface area contributed by atoms with Gasteiger partial charge in [0.15, 0.2) is 0 Å². The third kappa shape index (κ3) is 4.22. The minimum atomic E-state index is -3.63. The van der Waals surface area contributed by atoms with Crippen molar-refractivity contribution in [2.75, 3.05) is 39.0 Å². The molecule has 0 radical (unpaired) electrons. The summed E-state index contributed by atoms with van der Waals surface area (Å²) in [5.74, 6) is -1.22. The summed E-state index contributed by atoms with van der Waals surface area (Å²) in [4.78, 5) is 37.5. The molecule has 0 aromatic rings. The number of nitrogens with one attached hydrogen (secondary N) is 2. The van der Waals surface area contributed by atoms with Crippen LogP contribution >= 0.6 is 0 Å². The summed E-state index contributed by atoms with van der Waals surface area (Å²) in [6, 6.07) is -1.76. The lowest BCUT2D eigenvalue weighted by Crippen LogP contribution is -2.63. The molecule has 24 heavy (non-hydrogen) atoms. The van der Waals surface area contributed by atoms with Crippen molar-refractivity contribution < 1.29 is 22.8 Å². The third-order valence-corrected chi connectivity index (χ3v) is 5.48. The van der Waals surface area contributed by atoms with E-state index < -0.39 is 28.0 Å². The highest BCUT2D eigenvalue weighted by Gasteiger charge is 2.40. The molecule has 2 saturated heterocycles. The minimum absolute atomic E-state index is 0.0134. The van der Waals surface area contributed by atoms with E-state index in [1.54, 1.807) is 0 Å². The van der Waals surface area contributed by atoms with Crippen molar-refractivity contribution in [2.45, 2.75) is 24.9 Å². The number of rotatable bonds is 4. The van der Waals surface area contributed by atoms with Gasteiger partial charge in [-0.25, -0.2) is 8.42 Å². The molecule has 0 aromatic heterocycles. The van der Waals surface area contributed by atoms with Crippen molar-refractivity contribution >= 4 is 27.7 Å². The molecule has 0 saturated carbocycles. The quantitative estimate of drug-likeness (QED) is 0.482. The van der Waals surface area contributed by atoms with Gasteiger partial charge >= 0.3 is 0 Å². The van der Waals surface area contributed by atoms with Crippen molar-refractivity contribution in [1.29, 1.82) is 0 Å². The summed E-state index contributed by atoms with van der Waals surface area (Å²) >= 11 is 0. The number of hydrogen-bond donors (Lipinski definition) is 3. The predicted octanol–water partition coefficient (Wildman–Crippen LogP) is -3.19. The second-order valence-corrected chi connectivity index (χ2v) is 7.86. The Bertz CT molecular complexity index is 622. The smallest absolute Gasteiger partial charge is 0.242 e. The van der Waals surface area contributed by atoms with Gasteiger partial charge in [-0.2, -0.15) is 4.31 Å². The molecule has 10 nitrogen and oxygen atoms in total. The fraction of sp³-hybridized carbons (Fsp3) is 0.769. The molecule has 0 aromatic carbocycles. The van der Waals surface area contributed by atoms with Gasteiger partial charge in [0.1, 0.15) is 12.1 Å². The van der Waals surface area contributed by atoms with E-state index in [4.69, 9.17) is 5.73 Å². The molecule has 2 atom stereocenters. The number of nitrogens with zero attached hydrogens (tertiary/aromatic N) is 2. The van der Waals surface area contributed by atoms with E-state index in [-0.39, 0.29) is 38.0 Å². The molecule has 11 heteroatoms. The molecular formula is C13H23N5O5S. The fourth-order valence-electron chi connectivity index (χ4n) is 2.91. The summed E-state index contributed by atoms with van der Waals surface area (Å²) < 4.78 is 24.9. The first-order chi connectivity index (χ1) is 11.2. The standard InChI is InChI=1S/C13H23N5O5S/c1-24(22,23)18-6-5-17(11(19)7-14)8-10(18)13(21)16-9-3-2-4-15-12(9)20/h9-10H,2-8,14H2,1H3,(H,15,20)(H,16,21). The molecule has 2 unspecified atom stereocenters. The zero-order valence-corrected chi connectivity index (χ0v) is 14.3. The number of sulfonamides is 1. The van der Waals surface area contributed by atoms with Gasteiger partial charge in [-0.3, -0.25) is 14.4 Å². The molecule has 2 fully saturated rings. The van der Waals surface area contributed by atoms with E-state index in [9.17, 15) is 22.8 Å². The van der Waals surface area contributed by atoms with Crippen molar-refractivity contribution in [2.24, 2.45) is 5.73 Å². The van der Waals surface area contributed by atoms with Crippen LogP contribution in [0.3, 0.4) is 0 Å². The Morgan fingerprint density at radius 1 is 1.38 bits per heavy atom. The van der Waals surface area contributed by atoms with E-state index in [2.05, 4.69) is 10.6 Å². The second-order valence-electron chi connectivity index (χ2n) is 5.93. The topological polar surface area (TPSA) is 142 Å². The van der Waals surface area contributed by atoms with Crippen LogP contribution in [-0.4, -0.2) is 86.4 Å². The number of carbonyl (C=O) groups excluding carboxylic acids is 3. The monoisotopic (exact) mass is 361 g/mol. The molecule has 2 aliphatic rings. The van der Waals surface area contributed by atoms with Gasteiger partial charge in [0.05, 0.1) is 12.8 Å². The van der Waals surface area contributed by atoms with Crippen LogP contribution in [0.2, 0.25) is 0 Å². The Hall–Kier alpha value is -1.72. The Morgan fingerprint density at radius 3 is 2.67 bits per heavy atom. The SMILES string of the molecule is CS(=O)(=O)N1CCN(C(=O)CN)CC1C(=O)NC1CCCNC1=O. The highest BCUT2D eigenvalue weighted by molar-refractivity contribution is 7.88. The molecule has 3 amide bonds. The number of piperidine rings is 1. The van der Waals surface area contributed by atoms with Gasteiger partial charge in [-0.15, -0.1) is 0 Å². The molecule has 2 heterocycles. The van der Waals surface area contributed by atoms with Crippen LogP contribution in [0.1, 0.15) is 12.8 Å². The predicted molar refractivity (Wildman–Crippen MR) is 85.1 cm³/mol. The summed E-state index contributed by atoms with van der Waals surface area (Å²) in [7, 11) is -3.63. The van der Waals surface area contributed by atoms with Gasteiger partial charge in [0.25, 0.3) is 0 Å². The van der Waals surface area contributed by atoms with Crippen LogP contribution < -0.4 is 16.4 Å². The molecule has 2 aliphatic heterocycles. The number of piperazine rings is 1. The van der Waals surface area contributed by atoms with Crippen LogP contribution in [0.15, 0.2) is 0 Å². The average molecular weight is 361 g/mol. The first-order valence-corrected chi connectivity index (χ1v) is 9.61. The van der Waals surface area contributed by atoms with E-state index in [0.29, 0.717) is 13.0 Å². The fourth-order valence-corrected chi connectivity index (χ4v) is 3.95. The van der Waals surface area contributed by atoms with Gasteiger partial charge in [0, 0.05) is 26.2 Å². The number of hydrogen-bond acceptors (Lipinski definition) is 6. The molecule has 2 rings (SSSR count). The van der Waals surface area contributed by atoms with E-state index >= 15 is 0 Å². The average Bonchev–Trinajstić information content (AvgIpc) is 2.54. The van der Waals surface area contributed by atoms with Crippen LogP contribution in [-0.2, 0) is 24.4 Å². The molecule has 0 bridgehead atoms. The van der Waals surface area contributed by atoms with Gasteiger partial charge in [-0.1, -0.05) is 0 Å². The van der Waals surface area contributed by atoms with E-state index in [0.717, 1.165) is 17.0 Å². The maximum Gasteiger partial charge on any atom is 0.242 e. The summed E-state index contributed by atoms with van der Waals surface area (Å²) in [5, 5.41) is 5.24. The van der Waals surface area contributed by atoms with Crippen LogP contribution in [0, 0.1) is 0 Å². The van der Waals surface area contributed by atoms with E-state index in [1.807, 2.05) is 0 Å². The maximum absolute atomic E-state index is 12.6. The Balaban J connectivity index is 2.14. The van der Waals surface area contributed by atoms with Crippen LogP contribution in [0.4, 0.5) is 0 Å². The summed E-state index contributed by atoms with van der Waals surface area (Å²) in [5.41, 5.74) is 5.34. The molecule has 136 valence electrons. The molecule has 0 spiro atoms. The minimum Gasteiger partial charge on any atom is -0.354 e. The van der Waals surface area contributed by atoms with Gasteiger partial charge < -0.3 is 21.3 Å². The first-order valence-electron chi connectivity index (χ1n) is 7.76. The lowest BCUT2D eigenvalue weighted by atomic mass is 10.1. The Morgan fingerprint density at radius 2 is 2.08 bits per heavy atom.